The Kier molecular flexibility index (Phi) is 6.33. The minimum absolute atomic E-state index is 0.107. The van der Waals surface area contributed by atoms with Gasteiger partial charge < -0.3 is 5.11 Å². The normalized spacial score (nSPS) is 14.8. The molecule has 0 aliphatic carbocycles. The Hall–Kier alpha value is -0.840. The van der Waals surface area contributed by atoms with Crippen LogP contribution in [0.5, 0.6) is 0 Å². The van der Waals surface area contributed by atoms with Gasteiger partial charge in [-0.15, -0.1) is 0 Å². The van der Waals surface area contributed by atoms with Crippen molar-refractivity contribution >= 4 is 15.8 Å². The molecule has 0 spiro atoms. The first-order valence-corrected chi connectivity index (χ1v) is 7.37. The molecule has 0 aromatic heterocycles. The van der Waals surface area contributed by atoms with Crippen molar-refractivity contribution in [1.82, 2.24) is 0 Å². The van der Waals surface area contributed by atoms with E-state index in [9.17, 15) is 13.2 Å². The number of hydrogen-bond donors (Lipinski definition) is 1. The van der Waals surface area contributed by atoms with E-state index in [1.807, 2.05) is 19.9 Å². The lowest BCUT2D eigenvalue weighted by Crippen LogP contribution is -2.29. The number of sulfone groups is 1. The average molecular weight is 248 g/mol. The van der Waals surface area contributed by atoms with Crippen LogP contribution in [0, 0.1) is 0 Å². The summed E-state index contributed by atoms with van der Waals surface area (Å²) in [5.74, 6) is -1.26. The van der Waals surface area contributed by atoms with Crippen molar-refractivity contribution in [2.24, 2.45) is 0 Å². The van der Waals surface area contributed by atoms with Crippen molar-refractivity contribution in [3.63, 3.8) is 0 Å². The maximum absolute atomic E-state index is 11.3. The molecule has 0 aliphatic rings. The maximum atomic E-state index is 11.3. The van der Waals surface area contributed by atoms with E-state index in [0.717, 1.165) is 31.1 Å². The third-order valence-electron chi connectivity index (χ3n) is 2.30. The van der Waals surface area contributed by atoms with Gasteiger partial charge in [-0.05, 0) is 19.3 Å². The number of carboxylic acid groups (broad SMARTS) is 1. The Bertz CT molecular complexity index is 354. The summed E-state index contributed by atoms with van der Waals surface area (Å²) < 4.78 is 22.6. The van der Waals surface area contributed by atoms with E-state index < -0.39 is 21.1 Å². The van der Waals surface area contributed by atoms with Crippen LogP contribution in [-0.4, -0.2) is 31.0 Å². The molecule has 0 rings (SSSR count). The molecule has 5 heteroatoms. The van der Waals surface area contributed by atoms with Crippen LogP contribution < -0.4 is 0 Å². The van der Waals surface area contributed by atoms with Gasteiger partial charge in [0.15, 0.2) is 15.1 Å². The zero-order chi connectivity index (χ0) is 12.8. The lowest BCUT2D eigenvalue weighted by atomic mass is 10.0. The third-order valence-corrected chi connectivity index (χ3v) is 3.71. The Morgan fingerprint density at radius 2 is 1.94 bits per heavy atom. The molecule has 1 N–H and O–H groups in total. The van der Waals surface area contributed by atoms with Crippen molar-refractivity contribution in [3.8, 4) is 0 Å². The van der Waals surface area contributed by atoms with Crippen LogP contribution in [0.4, 0.5) is 0 Å². The molecule has 0 saturated carbocycles. The smallest absolute Gasteiger partial charge is 0.322 e. The van der Waals surface area contributed by atoms with Gasteiger partial charge in [-0.25, -0.2) is 8.42 Å². The molecular weight excluding hydrogens is 228 g/mol. The van der Waals surface area contributed by atoms with Gasteiger partial charge in [0.1, 0.15) is 0 Å². The van der Waals surface area contributed by atoms with Gasteiger partial charge in [0.25, 0.3) is 0 Å². The van der Waals surface area contributed by atoms with Gasteiger partial charge in [-0.1, -0.05) is 31.9 Å². The molecular formula is C11H20O4S. The van der Waals surface area contributed by atoms with Crippen molar-refractivity contribution < 1.29 is 18.3 Å². The van der Waals surface area contributed by atoms with Crippen LogP contribution in [0.1, 0.15) is 39.5 Å². The number of aliphatic carboxylic acids is 1. The van der Waals surface area contributed by atoms with Gasteiger partial charge in [-0.3, -0.25) is 4.79 Å². The first-order chi connectivity index (χ1) is 7.32. The molecule has 1 unspecified atom stereocenters. The first-order valence-electron chi connectivity index (χ1n) is 5.42. The fourth-order valence-electron chi connectivity index (χ4n) is 1.56. The van der Waals surface area contributed by atoms with Crippen LogP contribution in [-0.2, 0) is 14.6 Å². The van der Waals surface area contributed by atoms with Gasteiger partial charge in [0, 0.05) is 6.26 Å². The van der Waals surface area contributed by atoms with Crippen molar-refractivity contribution in [2.75, 3.05) is 6.26 Å². The Balaban J connectivity index is 4.87. The highest BCUT2D eigenvalue weighted by Crippen LogP contribution is 2.17. The van der Waals surface area contributed by atoms with Crippen molar-refractivity contribution in [3.05, 3.63) is 11.6 Å². The highest BCUT2D eigenvalue weighted by molar-refractivity contribution is 7.92. The Morgan fingerprint density at radius 3 is 2.25 bits per heavy atom. The average Bonchev–Trinajstić information content (AvgIpc) is 2.12. The van der Waals surface area contributed by atoms with Gasteiger partial charge in [0.05, 0.1) is 0 Å². The molecule has 0 radical (unpaired) electrons. The van der Waals surface area contributed by atoms with Crippen molar-refractivity contribution in [2.45, 2.75) is 44.8 Å². The minimum atomic E-state index is -3.54. The number of carbonyl (C=O) groups is 1. The summed E-state index contributed by atoms with van der Waals surface area (Å²) in [6.07, 6.45) is 5.45. The lowest BCUT2D eigenvalue weighted by Gasteiger charge is -2.12. The summed E-state index contributed by atoms with van der Waals surface area (Å²) in [7, 11) is -3.54. The standard InChI is InChI=1S/C11H20O4S/c1-4-6-9(7-5-2)8-10(11(12)13)16(3,14)15/h6,10H,4-5,7-8H2,1-3H3,(H,12,13). The zero-order valence-corrected chi connectivity index (χ0v) is 10.9. The summed E-state index contributed by atoms with van der Waals surface area (Å²) in [4.78, 5) is 10.9. The molecule has 0 amide bonds. The Morgan fingerprint density at radius 1 is 1.38 bits per heavy atom. The largest absolute Gasteiger partial charge is 0.480 e. The molecule has 0 aromatic carbocycles. The molecule has 1 atom stereocenters. The van der Waals surface area contributed by atoms with Gasteiger partial charge in [0.2, 0.25) is 0 Å². The van der Waals surface area contributed by atoms with E-state index in [2.05, 4.69) is 0 Å². The molecule has 16 heavy (non-hydrogen) atoms. The predicted molar refractivity (Wildman–Crippen MR) is 64.2 cm³/mol. The van der Waals surface area contributed by atoms with E-state index in [1.165, 1.54) is 0 Å². The van der Waals surface area contributed by atoms with E-state index in [4.69, 9.17) is 5.11 Å². The SMILES string of the molecule is CCC=C(CCC)CC(C(=O)O)S(C)(=O)=O. The molecule has 0 saturated heterocycles. The number of allylic oxidation sites excluding steroid dienone is 2. The monoisotopic (exact) mass is 248 g/mol. The minimum Gasteiger partial charge on any atom is -0.480 e. The fourth-order valence-corrected chi connectivity index (χ4v) is 2.44. The zero-order valence-electron chi connectivity index (χ0n) is 10.1. The molecule has 0 aliphatic heterocycles. The summed E-state index contributed by atoms with van der Waals surface area (Å²) in [5.41, 5.74) is 0.919. The van der Waals surface area contributed by atoms with Crippen LogP contribution >= 0.6 is 0 Å². The number of carboxylic acids is 1. The molecule has 0 fully saturated rings. The quantitative estimate of drug-likeness (QED) is 0.700. The Labute approximate surface area is 97.3 Å². The molecule has 0 bridgehead atoms. The second kappa shape index (κ2) is 6.68. The molecule has 4 nitrogen and oxygen atoms in total. The summed E-state index contributed by atoms with van der Waals surface area (Å²) in [6, 6.07) is 0. The summed E-state index contributed by atoms with van der Waals surface area (Å²) in [6.45, 7) is 3.94. The van der Waals surface area contributed by atoms with Crippen molar-refractivity contribution in [1.29, 1.82) is 0 Å². The van der Waals surface area contributed by atoms with Gasteiger partial charge >= 0.3 is 5.97 Å². The maximum Gasteiger partial charge on any atom is 0.322 e. The van der Waals surface area contributed by atoms with E-state index in [-0.39, 0.29) is 6.42 Å². The van der Waals surface area contributed by atoms with Crippen LogP contribution in [0.25, 0.3) is 0 Å². The highest BCUT2D eigenvalue weighted by atomic mass is 32.2. The van der Waals surface area contributed by atoms with Crippen LogP contribution in [0.15, 0.2) is 11.6 Å². The van der Waals surface area contributed by atoms with E-state index >= 15 is 0 Å². The van der Waals surface area contributed by atoms with E-state index in [1.54, 1.807) is 0 Å². The molecule has 94 valence electrons. The second-order valence-electron chi connectivity index (χ2n) is 3.88. The third kappa shape index (κ3) is 5.30. The topological polar surface area (TPSA) is 71.4 Å². The first kappa shape index (κ1) is 15.2. The molecule has 0 heterocycles. The number of hydrogen-bond acceptors (Lipinski definition) is 3. The fraction of sp³-hybridized carbons (Fsp3) is 0.727. The second-order valence-corrected chi connectivity index (χ2v) is 6.11. The number of rotatable bonds is 7. The van der Waals surface area contributed by atoms with Crippen LogP contribution in [0.2, 0.25) is 0 Å². The van der Waals surface area contributed by atoms with Gasteiger partial charge in [-0.2, -0.15) is 0 Å². The van der Waals surface area contributed by atoms with Crippen LogP contribution in [0.3, 0.4) is 0 Å². The van der Waals surface area contributed by atoms with E-state index in [0.29, 0.717) is 0 Å². The predicted octanol–water partition coefficient (Wildman–Crippen LogP) is 2.01. The molecule has 0 aromatic rings. The summed E-state index contributed by atoms with van der Waals surface area (Å²) >= 11 is 0. The highest BCUT2D eigenvalue weighted by Gasteiger charge is 2.29. The lowest BCUT2D eigenvalue weighted by molar-refractivity contribution is -0.136. The summed E-state index contributed by atoms with van der Waals surface area (Å²) in [5, 5.41) is 7.58.